The molecular weight excluding hydrogens is 232 g/mol. The fourth-order valence-electron chi connectivity index (χ4n) is 2.36. The Morgan fingerprint density at radius 1 is 0.579 bits per heavy atom. The van der Waals surface area contributed by atoms with E-state index in [0.29, 0.717) is 6.61 Å². The zero-order valence-electron chi connectivity index (χ0n) is 13.2. The summed E-state index contributed by atoms with van der Waals surface area (Å²) >= 11 is 0. The molecule has 1 nitrogen and oxygen atoms in total. The molecule has 0 atom stereocenters. The second-order valence-corrected chi connectivity index (χ2v) is 5.66. The Balaban J connectivity index is 3.00. The largest absolute Gasteiger partial charge is 0.396 e. The second kappa shape index (κ2) is 17.7. The highest BCUT2D eigenvalue weighted by atomic mass is 16.2. The molecule has 19 heavy (non-hydrogen) atoms. The van der Waals surface area contributed by atoms with Crippen molar-refractivity contribution in [2.75, 3.05) is 6.61 Å². The fourth-order valence-corrected chi connectivity index (χ4v) is 2.36. The van der Waals surface area contributed by atoms with E-state index < -0.39 is 0 Å². The molecule has 0 aromatic rings. The molecule has 0 aliphatic carbocycles. The Kier molecular flexibility index (Phi) is 17.4. The van der Waals surface area contributed by atoms with Crippen molar-refractivity contribution in [2.24, 2.45) is 0 Å². The molecule has 1 heteroatoms. The zero-order valence-corrected chi connectivity index (χ0v) is 13.2. The van der Waals surface area contributed by atoms with E-state index >= 15 is 0 Å². The minimum Gasteiger partial charge on any atom is -0.396 e. The molecule has 0 radical (unpaired) electrons. The van der Waals surface area contributed by atoms with Crippen LogP contribution in [0.1, 0.15) is 96.8 Å². The molecule has 1 N–H and O–H groups in total. The smallest absolute Gasteiger partial charge is 0.0431 e. The number of hydrogen-bond acceptors (Lipinski definition) is 1. The van der Waals surface area contributed by atoms with Crippen molar-refractivity contribution in [1.82, 2.24) is 0 Å². The lowest BCUT2D eigenvalue weighted by atomic mass is 10.1. The van der Waals surface area contributed by atoms with E-state index in [1.807, 2.05) is 0 Å². The monoisotopic (exact) mass is 268 g/mol. The van der Waals surface area contributed by atoms with Gasteiger partial charge in [0.2, 0.25) is 0 Å². The van der Waals surface area contributed by atoms with Crippen LogP contribution < -0.4 is 0 Å². The summed E-state index contributed by atoms with van der Waals surface area (Å²) in [6, 6.07) is 0. The van der Waals surface area contributed by atoms with Crippen molar-refractivity contribution in [2.45, 2.75) is 96.8 Å². The van der Waals surface area contributed by atoms with E-state index in [-0.39, 0.29) is 0 Å². The molecule has 0 unspecified atom stereocenters. The van der Waals surface area contributed by atoms with E-state index in [1.54, 1.807) is 0 Å². The molecule has 0 bridgehead atoms. The van der Waals surface area contributed by atoms with Gasteiger partial charge in [-0.25, -0.2) is 0 Å². The van der Waals surface area contributed by atoms with Gasteiger partial charge in [-0.05, 0) is 32.1 Å². The van der Waals surface area contributed by atoms with Crippen molar-refractivity contribution in [3.8, 4) is 0 Å². The number of aliphatic hydroxyl groups excluding tert-OH is 1. The van der Waals surface area contributed by atoms with Crippen LogP contribution in [0.15, 0.2) is 12.2 Å². The number of allylic oxidation sites excluding steroid dienone is 2. The number of aliphatic hydroxyl groups is 1. The minimum atomic E-state index is 0.355. The summed E-state index contributed by atoms with van der Waals surface area (Å²) in [7, 11) is 0. The van der Waals surface area contributed by atoms with Gasteiger partial charge >= 0.3 is 0 Å². The van der Waals surface area contributed by atoms with E-state index in [2.05, 4.69) is 19.1 Å². The van der Waals surface area contributed by atoms with Gasteiger partial charge in [-0.2, -0.15) is 0 Å². The highest BCUT2D eigenvalue weighted by molar-refractivity contribution is 4.81. The van der Waals surface area contributed by atoms with Crippen LogP contribution in [0.5, 0.6) is 0 Å². The van der Waals surface area contributed by atoms with Crippen LogP contribution in [0.25, 0.3) is 0 Å². The summed E-state index contributed by atoms with van der Waals surface area (Å²) in [5, 5.41) is 8.66. The van der Waals surface area contributed by atoms with Crippen LogP contribution >= 0.6 is 0 Å². The first-order chi connectivity index (χ1) is 9.41. The standard InChI is InChI=1S/C18H36O/c1-2-3-4-5-6-7-8-9-10-11-12-13-14-15-16-17-18-19/h11-12,19H,2-10,13-18H2,1H3/b12-11-. The number of rotatable bonds is 15. The quantitative estimate of drug-likeness (QED) is 0.284. The molecule has 0 amide bonds. The summed E-state index contributed by atoms with van der Waals surface area (Å²) in [6.07, 6.45) is 23.2. The molecule has 114 valence electrons. The van der Waals surface area contributed by atoms with Crippen molar-refractivity contribution < 1.29 is 5.11 Å². The average molecular weight is 268 g/mol. The highest BCUT2D eigenvalue weighted by Crippen LogP contribution is 2.10. The third kappa shape index (κ3) is 17.7. The van der Waals surface area contributed by atoms with Crippen LogP contribution in [-0.4, -0.2) is 11.7 Å². The van der Waals surface area contributed by atoms with Gasteiger partial charge in [0.1, 0.15) is 0 Å². The lowest BCUT2D eigenvalue weighted by Crippen LogP contribution is -1.82. The van der Waals surface area contributed by atoms with Crippen LogP contribution in [-0.2, 0) is 0 Å². The summed E-state index contributed by atoms with van der Waals surface area (Å²) < 4.78 is 0. The molecule has 0 aromatic heterocycles. The molecule has 0 saturated heterocycles. The molecule has 0 aromatic carbocycles. The van der Waals surface area contributed by atoms with Gasteiger partial charge in [-0.3, -0.25) is 0 Å². The molecule has 0 saturated carbocycles. The lowest BCUT2D eigenvalue weighted by molar-refractivity contribution is 0.282. The van der Waals surface area contributed by atoms with Crippen molar-refractivity contribution >= 4 is 0 Å². The van der Waals surface area contributed by atoms with Gasteiger partial charge < -0.3 is 5.11 Å². The summed E-state index contributed by atoms with van der Waals surface area (Å²) in [6.45, 7) is 2.63. The Bertz CT molecular complexity index is 175. The molecular formula is C18H36O. The van der Waals surface area contributed by atoms with Crippen LogP contribution in [0.4, 0.5) is 0 Å². The SMILES string of the molecule is CCCCCCCCCC/C=C\CCCCCCO. The first kappa shape index (κ1) is 18.7. The third-order valence-corrected chi connectivity index (χ3v) is 3.67. The third-order valence-electron chi connectivity index (χ3n) is 3.67. The fraction of sp³-hybridized carbons (Fsp3) is 0.889. The molecule has 0 aliphatic heterocycles. The van der Waals surface area contributed by atoms with E-state index in [9.17, 15) is 0 Å². The van der Waals surface area contributed by atoms with Gasteiger partial charge in [0.15, 0.2) is 0 Å². The number of unbranched alkanes of at least 4 members (excludes halogenated alkanes) is 12. The number of hydrogen-bond donors (Lipinski definition) is 1. The second-order valence-electron chi connectivity index (χ2n) is 5.66. The van der Waals surface area contributed by atoms with Crippen LogP contribution in [0, 0.1) is 0 Å². The van der Waals surface area contributed by atoms with Gasteiger partial charge in [-0.1, -0.05) is 76.9 Å². The molecule has 0 aliphatic rings. The summed E-state index contributed by atoms with van der Waals surface area (Å²) in [4.78, 5) is 0. The Labute approximate surface area is 121 Å². The Hall–Kier alpha value is -0.300. The lowest BCUT2D eigenvalue weighted by Gasteiger charge is -2.00. The Morgan fingerprint density at radius 2 is 1.00 bits per heavy atom. The van der Waals surface area contributed by atoms with Crippen molar-refractivity contribution in [3.05, 3.63) is 12.2 Å². The van der Waals surface area contributed by atoms with Crippen LogP contribution in [0.3, 0.4) is 0 Å². The zero-order chi connectivity index (χ0) is 14.0. The Morgan fingerprint density at radius 3 is 1.47 bits per heavy atom. The maximum Gasteiger partial charge on any atom is 0.0431 e. The summed E-state index contributed by atoms with van der Waals surface area (Å²) in [5.41, 5.74) is 0. The van der Waals surface area contributed by atoms with Gasteiger partial charge in [0, 0.05) is 6.61 Å². The maximum atomic E-state index is 8.66. The molecule has 0 rings (SSSR count). The van der Waals surface area contributed by atoms with Gasteiger partial charge in [0.05, 0.1) is 0 Å². The maximum absolute atomic E-state index is 8.66. The normalized spacial score (nSPS) is 11.5. The highest BCUT2D eigenvalue weighted by Gasteiger charge is 1.90. The first-order valence-electron chi connectivity index (χ1n) is 8.67. The topological polar surface area (TPSA) is 20.2 Å². The molecule has 0 fully saturated rings. The molecule has 0 heterocycles. The van der Waals surface area contributed by atoms with E-state index in [0.717, 1.165) is 6.42 Å². The van der Waals surface area contributed by atoms with Crippen LogP contribution in [0.2, 0.25) is 0 Å². The predicted molar refractivity (Wildman–Crippen MR) is 86.5 cm³/mol. The van der Waals surface area contributed by atoms with Crippen molar-refractivity contribution in [3.63, 3.8) is 0 Å². The predicted octanol–water partition coefficient (Wildman–Crippen LogP) is 6.02. The van der Waals surface area contributed by atoms with Gasteiger partial charge in [0.25, 0.3) is 0 Å². The van der Waals surface area contributed by atoms with E-state index in [4.69, 9.17) is 5.11 Å². The van der Waals surface area contributed by atoms with E-state index in [1.165, 1.54) is 83.5 Å². The average Bonchev–Trinajstić information content (AvgIpc) is 2.43. The summed E-state index contributed by atoms with van der Waals surface area (Å²) in [5.74, 6) is 0. The van der Waals surface area contributed by atoms with Crippen molar-refractivity contribution in [1.29, 1.82) is 0 Å². The molecule has 0 spiro atoms. The first-order valence-corrected chi connectivity index (χ1v) is 8.67. The minimum absolute atomic E-state index is 0.355. The van der Waals surface area contributed by atoms with Gasteiger partial charge in [-0.15, -0.1) is 0 Å².